The number of nitrogens with one attached hydrogen (secondary N) is 2. The number of rotatable bonds is 7. The van der Waals surface area contributed by atoms with E-state index in [0.29, 0.717) is 5.92 Å². The van der Waals surface area contributed by atoms with Crippen molar-refractivity contribution in [1.82, 2.24) is 10.6 Å². The summed E-state index contributed by atoms with van der Waals surface area (Å²) >= 11 is 1.81. The van der Waals surface area contributed by atoms with E-state index in [1.54, 1.807) is 0 Å². The maximum absolute atomic E-state index is 12.2. The van der Waals surface area contributed by atoms with Crippen molar-refractivity contribution in [3.8, 4) is 0 Å². The van der Waals surface area contributed by atoms with E-state index in [-0.39, 0.29) is 18.3 Å². The van der Waals surface area contributed by atoms with Crippen molar-refractivity contribution < 1.29 is 4.79 Å². The van der Waals surface area contributed by atoms with Crippen molar-refractivity contribution in [2.75, 3.05) is 19.6 Å². The standard InChI is InChI=1S/C20H24N2OS.ClH/c23-20(22-13-11-16-10-12-21-14-16)18-8-6-17(7-9-18)15-24-19-4-2-1-3-5-19;/h1-9,16,21H,10-15H2,(H,22,23);1H. The molecule has 2 N–H and O–H groups in total. The third-order valence-electron chi connectivity index (χ3n) is 4.37. The maximum Gasteiger partial charge on any atom is 0.251 e. The van der Waals surface area contributed by atoms with Crippen LogP contribution in [-0.2, 0) is 5.75 Å². The highest BCUT2D eigenvalue weighted by Crippen LogP contribution is 2.22. The zero-order valence-corrected chi connectivity index (χ0v) is 15.9. The lowest BCUT2D eigenvalue weighted by atomic mass is 10.1. The van der Waals surface area contributed by atoms with Crippen LogP contribution >= 0.6 is 24.2 Å². The van der Waals surface area contributed by atoms with Gasteiger partial charge in [0.2, 0.25) is 0 Å². The molecule has 1 heterocycles. The first-order chi connectivity index (χ1) is 11.8. The third kappa shape index (κ3) is 6.38. The summed E-state index contributed by atoms with van der Waals surface area (Å²) in [5.41, 5.74) is 1.98. The normalized spacial score (nSPS) is 16.2. The average molecular weight is 377 g/mol. The van der Waals surface area contributed by atoms with Crippen LogP contribution in [-0.4, -0.2) is 25.5 Å². The van der Waals surface area contributed by atoms with Gasteiger partial charge in [-0.3, -0.25) is 4.79 Å². The Morgan fingerprint density at radius 1 is 1.12 bits per heavy atom. The molecule has 1 amide bonds. The molecule has 0 aliphatic carbocycles. The summed E-state index contributed by atoms with van der Waals surface area (Å²) < 4.78 is 0. The molecule has 1 unspecified atom stereocenters. The van der Waals surface area contributed by atoms with Crippen molar-refractivity contribution in [3.05, 3.63) is 65.7 Å². The van der Waals surface area contributed by atoms with Crippen LogP contribution in [0.25, 0.3) is 0 Å². The van der Waals surface area contributed by atoms with Gasteiger partial charge < -0.3 is 10.6 Å². The number of amides is 1. The molecule has 2 aromatic carbocycles. The molecule has 0 aromatic heterocycles. The molecule has 1 aliphatic heterocycles. The van der Waals surface area contributed by atoms with E-state index < -0.39 is 0 Å². The fourth-order valence-corrected chi connectivity index (χ4v) is 3.76. The lowest BCUT2D eigenvalue weighted by Gasteiger charge is -2.10. The Labute approximate surface area is 160 Å². The van der Waals surface area contributed by atoms with Gasteiger partial charge in [-0.2, -0.15) is 0 Å². The first kappa shape index (κ1) is 19.8. The number of carbonyl (C=O) groups is 1. The van der Waals surface area contributed by atoms with E-state index in [4.69, 9.17) is 0 Å². The molecule has 1 saturated heterocycles. The molecule has 134 valence electrons. The summed E-state index contributed by atoms with van der Waals surface area (Å²) in [5.74, 6) is 1.66. The molecular formula is C20H25ClN2OS. The number of thioether (sulfide) groups is 1. The second-order valence-corrected chi connectivity index (χ2v) is 7.25. The van der Waals surface area contributed by atoms with Crippen LogP contribution in [0.2, 0.25) is 0 Å². The fraction of sp³-hybridized carbons (Fsp3) is 0.350. The number of halogens is 1. The summed E-state index contributed by atoms with van der Waals surface area (Å²) in [4.78, 5) is 13.4. The molecule has 3 nitrogen and oxygen atoms in total. The second-order valence-electron chi connectivity index (χ2n) is 6.20. The zero-order chi connectivity index (χ0) is 16.6. The van der Waals surface area contributed by atoms with E-state index in [2.05, 4.69) is 34.9 Å². The minimum Gasteiger partial charge on any atom is -0.352 e. The van der Waals surface area contributed by atoms with E-state index in [1.807, 2.05) is 42.1 Å². The van der Waals surface area contributed by atoms with Gasteiger partial charge in [-0.25, -0.2) is 0 Å². The quantitative estimate of drug-likeness (QED) is 0.714. The van der Waals surface area contributed by atoms with Gasteiger partial charge in [-0.05, 0) is 61.7 Å². The zero-order valence-electron chi connectivity index (χ0n) is 14.2. The van der Waals surface area contributed by atoms with Crippen LogP contribution in [0.15, 0.2) is 59.5 Å². The lowest BCUT2D eigenvalue weighted by Crippen LogP contribution is -2.26. The Morgan fingerprint density at radius 2 is 1.88 bits per heavy atom. The predicted molar refractivity (Wildman–Crippen MR) is 108 cm³/mol. The molecule has 1 atom stereocenters. The lowest BCUT2D eigenvalue weighted by molar-refractivity contribution is 0.0951. The van der Waals surface area contributed by atoms with Crippen molar-refractivity contribution in [3.63, 3.8) is 0 Å². The summed E-state index contributed by atoms with van der Waals surface area (Å²) in [5, 5.41) is 6.39. The highest BCUT2D eigenvalue weighted by Gasteiger charge is 2.14. The molecule has 0 saturated carbocycles. The highest BCUT2D eigenvalue weighted by molar-refractivity contribution is 7.98. The first-order valence-corrected chi connectivity index (χ1v) is 9.55. The van der Waals surface area contributed by atoms with Crippen LogP contribution < -0.4 is 10.6 Å². The van der Waals surface area contributed by atoms with Gasteiger partial charge in [0.15, 0.2) is 0 Å². The number of hydrogen-bond donors (Lipinski definition) is 2. The van der Waals surface area contributed by atoms with Gasteiger partial charge in [0.05, 0.1) is 0 Å². The summed E-state index contributed by atoms with van der Waals surface area (Å²) in [6.45, 7) is 2.96. The topological polar surface area (TPSA) is 41.1 Å². The van der Waals surface area contributed by atoms with Gasteiger partial charge in [0, 0.05) is 22.8 Å². The average Bonchev–Trinajstić information content (AvgIpc) is 3.15. The Morgan fingerprint density at radius 3 is 2.56 bits per heavy atom. The van der Waals surface area contributed by atoms with Crippen LogP contribution in [0.3, 0.4) is 0 Å². The molecule has 5 heteroatoms. The molecule has 1 fully saturated rings. The van der Waals surface area contributed by atoms with Crippen LogP contribution in [0, 0.1) is 5.92 Å². The first-order valence-electron chi connectivity index (χ1n) is 8.57. The van der Waals surface area contributed by atoms with Gasteiger partial charge in [-0.15, -0.1) is 24.2 Å². The number of benzene rings is 2. The van der Waals surface area contributed by atoms with Crippen LogP contribution in [0.4, 0.5) is 0 Å². The Bertz CT molecular complexity index is 643. The van der Waals surface area contributed by atoms with Crippen molar-refractivity contribution in [1.29, 1.82) is 0 Å². The summed E-state index contributed by atoms with van der Waals surface area (Å²) in [6.07, 6.45) is 2.29. The van der Waals surface area contributed by atoms with E-state index in [1.165, 1.54) is 16.9 Å². The molecule has 1 aliphatic rings. The van der Waals surface area contributed by atoms with Crippen molar-refractivity contribution in [2.24, 2.45) is 5.92 Å². The number of hydrogen-bond acceptors (Lipinski definition) is 3. The second kappa shape index (κ2) is 10.5. The summed E-state index contributed by atoms with van der Waals surface area (Å²) in [7, 11) is 0. The maximum atomic E-state index is 12.2. The third-order valence-corrected chi connectivity index (χ3v) is 5.45. The SMILES string of the molecule is Cl.O=C(NCCC1CCNC1)c1ccc(CSc2ccccc2)cc1. The molecule has 0 spiro atoms. The Balaban J connectivity index is 0.00000225. The molecule has 3 rings (SSSR count). The number of carbonyl (C=O) groups excluding carboxylic acids is 1. The van der Waals surface area contributed by atoms with Gasteiger partial charge >= 0.3 is 0 Å². The Kier molecular flexibility index (Phi) is 8.32. The largest absolute Gasteiger partial charge is 0.352 e. The van der Waals surface area contributed by atoms with Crippen LogP contribution in [0.5, 0.6) is 0 Å². The Hall–Kier alpha value is -1.49. The van der Waals surface area contributed by atoms with Gasteiger partial charge in [0.25, 0.3) is 5.91 Å². The molecule has 25 heavy (non-hydrogen) atoms. The minimum absolute atomic E-state index is 0. The van der Waals surface area contributed by atoms with E-state index >= 15 is 0 Å². The smallest absolute Gasteiger partial charge is 0.251 e. The highest BCUT2D eigenvalue weighted by atomic mass is 35.5. The summed E-state index contributed by atoms with van der Waals surface area (Å²) in [6, 6.07) is 18.3. The fourth-order valence-electron chi connectivity index (χ4n) is 2.89. The predicted octanol–water partition coefficient (Wildman–Crippen LogP) is 4.13. The van der Waals surface area contributed by atoms with Crippen molar-refractivity contribution >= 4 is 30.1 Å². The molecule has 2 aromatic rings. The van der Waals surface area contributed by atoms with E-state index in [9.17, 15) is 4.79 Å². The van der Waals surface area contributed by atoms with Crippen molar-refractivity contribution in [2.45, 2.75) is 23.5 Å². The van der Waals surface area contributed by atoms with Crippen LogP contribution in [0.1, 0.15) is 28.8 Å². The monoisotopic (exact) mass is 376 g/mol. The van der Waals surface area contributed by atoms with Gasteiger partial charge in [-0.1, -0.05) is 30.3 Å². The van der Waals surface area contributed by atoms with Gasteiger partial charge in [0.1, 0.15) is 0 Å². The molecular weight excluding hydrogens is 352 g/mol. The molecule has 0 bridgehead atoms. The molecule has 0 radical (unpaired) electrons. The minimum atomic E-state index is 0. The van der Waals surface area contributed by atoms with E-state index in [0.717, 1.165) is 37.4 Å².